The van der Waals surface area contributed by atoms with E-state index in [-0.39, 0.29) is 6.09 Å². The number of hydrogen-bond acceptors (Lipinski definition) is 4. The number of hydrogen-bond donors (Lipinski definition) is 2. The summed E-state index contributed by atoms with van der Waals surface area (Å²) < 4.78 is 5.31. The topological polar surface area (TPSA) is 70.2 Å². The van der Waals surface area contributed by atoms with E-state index in [4.69, 9.17) is 4.74 Å². The molecule has 2 heterocycles. The minimum atomic E-state index is -0.462. The molecule has 0 bridgehead atoms. The number of fused-ring (bicyclic) bond motifs is 1. The Morgan fingerprint density at radius 1 is 1.45 bits per heavy atom. The number of rotatable bonds is 5. The zero-order chi connectivity index (χ0) is 16.2. The minimum Gasteiger partial charge on any atom is -0.444 e. The summed E-state index contributed by atoms with van der Waals surface area (Å²) in [7, 11) is 1.74. The number of likely N-dealkylation sites (N-methyl/N-ethyl adjacent to an activating group) is 1. The van der Waals surface area contributed by atoms with Gasteiger partial charge in [0.1, 0.15) is 11.2 Å². The predicted octanol–water partition coefficient (Wildman–Crippen LogP) is 2.52. The molecular weight excluding hydrogens is 280 g/mol. The summed E-state index contributed by atoms with van der Waals surface area (Å²) in [5.74, 6) is 0. The lowest BCUT2D eigenvalue weighted by Gasteiger charge is -2.24. The number of nitrogens with zero attached hydrogens (tertiary/aromatic N) is 2. The highest BCUT2D eigenvalue weighted by molar-refractivity contribution is 5.79. The molecule has 120 valence electrons. The van der Waals surface area contributed by atoms with Gasteiger partial charge in [0, 0.05) is 44.5 Å². The number of carbonyl (C=O) groups excluding carboxylic acids is 1. The standard InChI is InChI=1S/C16H24N4O2/c1-16(2,3)22-15(21)20(4)9-8-17-10-12-11-19-14-13(12)6-5-7-18-14/h5-7,11,17H,8-10H2,1-4H3,(H,18,19). The van der Waals surface area contributed by atoms with Gasteiger partial charge in [-0.15, -0.1) is 0 Å². The van der Waals surface area contributed by atoms with Gasteiger partial charge in [-0.3, -0.25) is 0 Å². The number of pyridine rings is 1. The summed E-state index contributed by atoms with van der Waals surface area (Å²) >= 11 is 0. The van der Waals surface area contributed by atoms with Gasteiger partial charge in [-0.1, -0.05) is 0 Å². The number of aromatic amines is 1. The fraction of sp³-hybridized carbons (Fsp3) is 0.500. The number of H-pyrrole nitrogens is 1. The monoisotopic (exact) mass is 304 g/mol. The highest BCUT2D eigenvalue weighted by Gasteiger charge is 2.19. The largest absolute Gasteiger partial charge is 0.444 e. The van der Waals surface area contributed by atoms with Crippen molar-refractivity contribution in [2.45, 2.75) is 32.9 Å². The Balaban J connectivity index is 1.76. The van der Waals surface area contributed by atoms with Gasteiger partial charge >= 0.3 is 6.09 Å². The lowest BCUT2D eigenvalue weighted by molar-refractivity contribution is 0.0300. The molecule has 2 aromatic heterocycles. The molecule has 2 aromatic rings. The van der Waals surface area contributed by atoms with Crippen LogP contribution in [0.2, 0.25) is 0 Å². The first-order valence-electron chi connectivity index (χ1n) is 7.42. The first-order valence-corrected chi connectivity index (χ1v) is 7.42. The molecule has 1 amide bonds. The quantitative estimate of drug-likeness (QED) is 0.833. The Morgan fingerprint density at radius 3 is 2.95 bits per heavy atom. The van der Waals surface area contributed by atoms with Crippen LogP contribution in [0.1, 0.15) is 26.3 Å². The molecule has 0 saturated heterocycles. The van der Waals surface area contributed by atoms with E-state index in [0.29, 0.717) is 13.1 Å². The molecule has 0 aromatic carbocycles. The Bertz CT molecular complexity index is 630. The Morgan fingerprint density at radius 2 is 2.23 bits per heavy atom. The van der Waals surface area contributed by atoms with E-state index in [9.17, 15) is 4.79 Å². The molecule has 6 nitrogen and oxygen atoms in total. The van der Waals surface area contributed by atoms with Crippen molar-refractivity contribution < 1.29 is 9.53 Å². The maximum absolute atomic E-state index is 11.8. The summed E-state index contributed by atoms with van der Waals surface area (Å²) in [5.41, 5.74) is 1.60. The van der Waals surface area contributed by atoms with E-state index < -0.39 is 5.60 Å². The summed E-state index contributed by atoms with van der Waals surface area (Å²) in [6.07, 6.45) is 3.43. The average Bonchev–Trinajstić information content (AvgIpc) is 2.85. The van der Waals surface area contributed by atoms with Gasteiger partial charge in [-0.2, -0.15) is 0 Å². The highest BCUT2D eigenvalue weighted by Crippen LogP contribution is 2.15. The van der Waals surface area contributed by atoms with Gasteiger partial charge in [-0.05, 0) is 38.5 Å². The molecule has 2 rings (SSSR count). The highest BCUT2D eigenvalue weighted by atomic mass is 16.6. The van der Waals surface area contributed by atoms with Crippen LogP contribution in [-0.2, 0) is 11.3 Å². The number of nitrogens with one attached hydrogen (secondary N) is 2. The van der Waals surface area contributed by atoms with Gasteiger partial charge in [-0.25, -0.2) is 9.78 Å². The third-order valence-electron chi connectivity index (χ3n) is 3.18. The summed E-state index contributed by atoms with van der Waals surface area (Å²) in [6, 6.07) is 3.97. The van der Waals surface area contributed by atoms with Crippen LogP contribution in [0.15, 0.2) is 24.5 Å². The number of ether oxygens (including phenoxy) is 1. The van der Waals surface area contributed by atoms with Crippen molar-refractivity contribution >= 4 is 17.1 Å². The lowest BCUT2D eigenvalue weighted by Crippen LogP contribution is -2.37. The molecule has 0 aliphatic heterocycles. The SMILES string of the molecule is CN(CCNCc1c[nH]c2ncccc12)C(=O)OC(C)(C)C. The van der Waals surface area contributed by atoms with E-state index >= 15 is 0 Å². The zero-order valence-corrected chi connectivity index (χ0v) is 13.6. The maximum Gasteiger partial charge on any atom is 0.410 e. The van der Waals surface area contributed by atoms with Crippen LogP contribution in [0.5, 0.6) is 0 Å². The molecule has 0 fully saturated rings. The number of aromatic nitrogens is 2. The molecule has 0 aliphatic carbocycles. The minimum absolute atomic E-state index is 0.300. The van der Waals surface area contributed by atoms with Crippen LogP contribution < -0.4 is 5.32 Å². The Labute approximate surface area is 130 Å². The number of carbonyl (C=O) groups is 1. The van der Waals surface area contributed by atoms with E-state index in [2.05, 4.69) is 15.3 Å². The summed E-state index contributed by atoms with van der Waals surface area (Å²) in [5, 5.41) is 4.45. The van der Waals surface area contributed by atoms with Crippen molar-refractivity contribution in [2.75, 3.05) is 20.1 Å². The molecule has 22 heavy (non-hydrogen) atoms. The summed E-state index contributed by atoms with van der Waals surface area (Å²) in [4.78, 5) is 20.8. The second kappa shape index (κ2) is 6.79. The van der Waals surface area contributed by atoms with E-state index in [1.54, 1.807) is 18.1 Å². The summed E-state index contributed by atoms with van der Waals surface area (Å²) in [6.45, 7) is 7.61. The van der Waals surface area contributed by atoms with Crippen molar-refractivity contribution in [3.8, 4) is 0 Å². The van der Waals surface area contributed by atoms with Crippen LogP contribution in [0.3, 0.4) is 0 Å². The first kappa shape index (κ1) is 16.3. The molecule has 2 N–H and O–H groups in total. The van der Waals surface area contributed by atoms with Crippen LogP contribution >= 0.6 is 0 Å². The molecule has 0 aliphatic rings. The van der Waals surface area contributed by atoms with Gasteiger partial charge in [0.25, 0.3) is 0 Å². The van der Waals surface area contributed by atoms with Crippen LogP contribution in [0, 0.1) is 0 Å². The lowest BCUT2D eigenvalue weighted by atomic mass is 10.2. The van der Waals surface area contributed by atoms with Gasteiger partial charge in [0.15, 0.2) is 0 Å². The first-order chi connectivity index (χ1) is 10.4. The van der Waals surface area contributed by atoms with Gasteiger partial charge in [0.2, 0.25) is 0 Å². The Kier molecular flexibility index (Phi) is 5.03. The van der Waals surface area contributed by atoms with Gasteiger partial charge in [0.05, 0.1) is 0 Å². The van der Waals surface area contributed by atoms with Crippen LogP contribution in [-0.4, -0.2) is 46.7 Å². The van der Waals surface area contributed by atoms with Gasteiger partial charge < -0.3 is 19.9 Å². The van der Waals surface area contributed by atoms with E-state index in [0.717, 1.165) is 17.6 Å². The normalized spacial score (nSPS) is 11.6. The maximum atomic E-state index is 11.8. The van der Waals surface area contributed by atoms with Crippen LogP contribution in [0.4, 0.5) is 4.79 Å². The third kappa shape index (κ3) is 4.46. The molecule has 0 unspecified atom stereocenters. The predicted molar refractivity (Wildman–Crippen MR) is 86.7 cm³/mol. The molecule has 0 spiro atoms. The van der Waals surface area contributed by atoms with E-state index in [1.807, 2.05) is 39.1 Å². The van der Waals surface area contributed by atoms with Crippen LogP contribution in [0.25, 0.3) is 11.0 Å². The second-order valence-electron chi connectivity index (χ2n) is 6.29. The molecule has 0 saturated carbocycles. The van der Waals surface area contributed by atoms with Crippen molar-refractivity contribution in [3.63, 3.8) is 0 Å². The van der Waals surface area contributed by atoms with Crippen molar-refractivity contribution in [1.82, 2.24) is 20.2 Å². The molecular formula is C16H24N4O2. The number of amides is 1. The molecule has 6 heteroatoms. The molecule has 0 atom stereocenters. The zero-order valence-electron chi connectivity index (χ0n) is 13.6. The fourth-order valence-electron chi connectivity index (χ4n) is 2.06. The van der Waals surface area contributed by atoms with Crippen molar-refractivity contribution in [3.05, 3.63) is 30.1 Å². The molecule has 0 radical (unpaired) electrons. The van der Waals surface area contributed by atoms with E-state index in [1.165, 1.54) is 5.56 Å². The second-order valence-corrected chi connectivity index (χ2v) is 6.29. The Hall–Kier alpha value is -2.08. The third-order valence-corrected chi connectivity index (χ3v) is 3.18. The van der Waals surface area contributed by atoms with Crippen molar-refractivity contribution in [1.29, 1.82) is 0 Å². The fourth-order valence-corrected chi connectivity index (χ4v) is 2.06. The average molecular weight is 304 g/mol. The van der Waals surface area contributed by atoms with Crippen molar-refractivity contribution in [2.24, 2.45) is 0 Å². The smallest absolute Gasteiger partial charge is 0.410 e.